The van der Waals surface area contributed by atoms with Crippen molar-refractivity contribution in [3.05, 3.63) is 34.9 Å². The van der Waals surface area contributed by atoms with Gasteiger partial charge in [-0.25, -0.2) is 0 Å². The van der Waals surface area contributed by atoms with Crippen LogP contribution in [0.25, 0.3) is 0 Å². The van der Waals surface area contributed by atoms with Crippen LogP contribution in [0.2, 0.25) is 5.02 Å². The number of halogens is 1. The van der Waals surface area contributed by atoms with Gasteiger partial charge in [0.2, 0.25) is 5.91 Å². The largest absolute Gasteiger partial charge is 0.395 e. The monoisotopic (exact) mass is 325 g/mol. The van der Waals surface area contributed by atoms with Crippen molar-refractivity contribution in [2.24, 2.45) is 0 Å². The number of carbonyl (C=O) groups is 1. The fraction of sp³-hybridized carbons (Fsp3) is 0.562. The van der Waals surface area contributed by atoms with Gasteiger partial charge in [-0.3, -0.25) is 14.6 Å². The van der Waals surface area contributed by atoms with Gasteiger partial charge in [0.15, 0.2) is 0 Å². The number of aliphatic hydroxyl groups excluding tert-OH is 1. The van der Waals surface area contributed by atoms with Crippen molar-refractivity contribution in [2.75, 3.05) is 39.3 Å². The average Bonchev–Trinajstić information content (AvgIpc) is 2.54. The topological polar surface area (TPSA) is 55.8 Å². The van der Waals surface area contributed by atoms with E-state index in [-0.39, 0.29) is 18.6 Å². The smallest absolute Gasteiger partial charge is 0.237 e. The highest BCUT2D eigenvalue weighted by Gasteiger charge is 2.25. The summed E-state index contributed by atoms with van der Waals surface area (Å²) >= 11 is 6.09. The highest BCUT2D eigenvalue weighted by molar-refractivity contribution is 6.31. The molecule has 122 valence electrons. The SMILES string of the molecule is C[C@H](C(=O)NCc1ccccc1Cl)N1CCN(CCO)CC1. The van der Waals surface area contributed by atoms with Crippen LogP contribution in [0, 0.1) is 0 Å². The summed E-state index contributed by atoms with van der Waals surface area (Å²) < 4.78 is 0. The van der Waals surface area contributed by atoms with Gasteiger partial charge >= 0.3 is 0 Å². The van der Waals surface area contributed by atoms with Gasteiger partial charge < -0.3 is 10.4 Å². The second-order valence-electron chi connectivity index (χ2n) is 5.59. The molecule has 1 aliphatic heterocycles. The van der Waals surface area contributed by atoms with Crippen LogP contribution in [0.4, 0.5) is 0 Å². The second kappa shape index (κ2) is 8.48. The quantitative estimate of drug-likeness (QED) is 0.818. The third-order valence-electron chi connectivity index (χ3n) is 4.16. The molecule has 1 atom stereocenters. The Morgan fingerprint density at radius 3 is 2.64 bits per heavy atom. The summed E-state index contributed by atoms with van der Waals surface area (Å²) in [5.74, 6) is 0.0236. The Kier molecular flexibility index (Phi) is 6.64. The molecule has 1 saturated heterocycles. The Labute approximate surface area is 136 Å². The van der Waals surface area contributed by atoms with Gasteiger partial charge in [-0.1, -0.05) is 29.8 Å². The van der Waals surface area contributed by atoms with Gasteiger partial charge in [-0.05, 0) is 18.6 Å². The third kappa shape index (κ3) is 4.68. The van der Waals surface area contributed by atoms with E-state index in [0.717, 1.165) is 31.7 Å². The molecule has 1 heterocycles. The Morgan fingerprint density at radius 1 is 1.32 bits per heavy atom. The maximum absolute atomic E-state index is 12.3. The van der Waals surface area contributed by atoms with Crippen LogP contribution in [-0.4, -0.2) is 66.2 Å². The predicted molar refractivity (Wildman–Crippen MR) is 87.9 cm³/mol. The maximum atomic E-state index is 12.3. The number of rotatable bonds is 6. The molecule has 0 spiro atoms. The predicted octanol–water partition coefficient (Wildman–Crippen LogP) is 0.955. The van der Waals surface area contributed by atoms with E-state index in [2.05, 4.69) is 15.1 Å². The number of piperazine rings is 1. The average molecular weight is 326 g/mol. The second-order valence-corrected chi connectivity index (χ2v) is 5.99. The fourth-order valence-corrected chi connectivity index (χ4v) is 2.86. The number of nitrogens with zero attached hydrogens (tertiary/aromatic N) is 2. The van der Waals surface area contributed by atoms with Crippen molar-refractivity contribution in [3.63, 3.8) is 0 Å². The number of amides is 1. The van der Waals surface area contributed by atoms with Crippen molar-refractivity contribution in [1.82, 2.24) is 15.1 Å². The third-order valence-corrected chi connectivity index (χ3v) is 4.53. The Hall–Kier alpha value is -1.14. The van der Waals surface area contributed by atoms with Crippen molar-refractivity contribution >= 4 is 17.5 Å². The first-order valence-corrected chi connectivity index (χ1v) is 8.08. The number of benzene rings is 1. The van der Waals surface area contributed by atoms with Gasteiger partial charge in [0.1, 0.15) is 0 Å². The summed E-state index contributed by atoms with van der Waals surface area (Å²) in [6.45, 7) is 6.76. The number of carbonyl (C=O) groups excluding carboxylic acids is 1. The molecule has 1 aromatic rings. The van der Waals surface area contributed by atoms with Crippen LogP contribution in [0.5, 0.6) is 0 Å². The molecule has 1 amide bonds. The molecule has 1 aromatic carbocycles. The van der Waals surface area contributed by atoms with Gasteiger partial charge in [0, 0.05) is 44.3 Å². The first-order valence-electron chi connectivity index (χ1n) is 7.70. The lowest BCUT2D eigenvalue weighted by Crippen LogP contribution is -2.54. The summed E-state index contributed by atoms with van der Waals surface area (Å²) in [7, 11) is 0. The zero-order valence-electron chi connectivity index (χ0n) is 13.0. The standard InChI is InChI=1S/C16H24ClN3O2/c1-13(20-8-6-19(7-9-20)10-11-21)16(22)18-12-14-4-2-3-5-15(14)17/h2-5,13,21H,6-12H2,1H3,(H,18,22)/t13-/m1/s1. The first kappa shape index (κ1) is 17.2. The van der Waals surface area contributed by atoms with Crippen LogP contribution in [-0.2, 0) is 11.3 Å². The van der Waals surface area contributed by atoms with E-state index in [1.54, 1.807) is 0 Å². The zero-order valence-corrected chi connectivity index (χ0v) is 13.7. The van der Waals surface area contributed by atoms with Crippen LogP contribution in [0.1, 0.15) is 12.5 Å². The molecule has 22 heavy (non-hydrogen) atoms. The van der Waals surface area contributed by atoms with E-state index >= 15 is 0 Å². The van der Waals surface area contributed by atoms with E-state index in [1.165, 1.54) is 0 Å². The molecule has 5 nitrogen and oxygen atoms in total. The van der Waals surface area contributed by atoms with Crippen molar-refractivity contribution < 1.29 is 9.90 Å². The van der Waals surface area contributed by atoms with Gasteiger partial charge in [0.05, 0.1) is 12.6 Å². The minimum atomic E-state index is -0.154. The van der Waals surface area contributed by atoms with Crippen LogP contribution >= 0.6 is 11.6 Å². The van der Waals surface area contributed by atoms with Gasteiger partial charge in [-0.15, -0.1) is 0 Å². The number of hydrogen-bond acceptors (Lipinski definition) is 4. The van der Waals surface area contributed by atoms with E-state index < -0.39 is 0 Å². The molecule has 1 fully saturated rings. The highest BCUT2D eigenvalue weighted by Crippen LogP contribution is 2.14. The van der Waals surface area contributed by atoms with E-state index in [1.807, 2.05) is 31.2 Å². The van der Waals surface area contributed by atoms with Crippen LogP contribution in [0.3, 0.4) is 0 Å². The number of nitrogens with one attached hydrogen (secondary N) is 1. The van der Waals surface area contributed by atoms with E-state index in [4.69, 9.17) is 16.7 Å². The van der Waals surface area contributed by atoms with Crippen molar-refractivity contribution in [1.29, 1.82) is 0 Å². The zero-order chi connectivity index (χ0) is 15.9. The lowest BCUT2D eigenvalue weighted by Gasteiger charge is -2.37. The Bertz CT molecular complexity index is 490. The molecule has 2 rings (SSSR count). The summed E-state index contributed by atoms with van der Waals surface area (Å²) in [5.41, 5.74) is 0.928. The Morgan fingerprint density at radius 2 is 2.00 bits per heavy atom. The molecule has 0 radical (unpaired) electrons. The molecular formula is C16H24ClN3O2. The molecular weight excluding hydrogens is 302 g/mol. The summed E-state index contributed by atoms with van der Waals surface area (Å²) in [6.07, 6.45) is 0. The van der Waals surface area contributed by atoms with Gasteiger partial charge in [0.25, 0.3) is 0 Å². The minimum absolute atomic E-state index is 0.0236. The molecule has 0 bridgehead atoms. The minimum Gasteiger partial charge on any atom is -0.395 e. The number of aliphatic hydroxyl groups is 1. The highest BCUT2D eigenvalue weighted by atomic mass is 35.5. The molecule has 0 saturated carbocycles. The Balaban J connectivity index is 1.79. The lowest BCUT2D eigenvalue weighted by molar-refractivity contribution is -0.126. The van der Waals surface area contributed by atoms with Crippen molar-refractivity contribution in [3.8, 4) is 0 Å². The molecule has 0 unspecified atom stereocenters. The van der Waals surface area contributed by atoms with E-state index in [0.29, 0.717) is 18.1 Å². The number of hydrogen-bond donors (Lipinski definition) is 2. The van der Waals surface area contributed by atoms with Crippen molar-refractivity contribution in [2.45, 2.75) is 19.5 Å². The molecule has 0 aliphatic carbocycles. The van der Waals surface area contributed by atoms with Crippen LogP contribution < -0.4 is 5.32 Å². The summed E-state index contributed by atoms with van der Waals surface area (Å²) in [6, 6.07) is 7.38. The summed E-state index contributed by atoms with van der Waals surface area (Å²) in [5, 5.41) is 12.6. The summed E-state index contributed by atoms with van der Waals surface area (Å²) in [4.78, 5) is 16.7. The first-order chi connectivity index (χ1) is 10.6. The molecule has 2 N–H and O–H groups in total. The van der Waals surface area contributed by atoms with Gasteiger partial charge in [-0.2, -0.15) is 0 Å². The molecule has 6 heteroatoms. The fourth-order valence-electron chi connectivity index (χ4n) is 2.65. The van der Waals surface area contributed by atoms with E-state index in [9.17, 15) is 4.79 Å². The normalized spacial score (nSPS) is 18.1. The molecule has 1 aliphatic rings. The number of β-amino-alcohol motifs (C(OH)–C–C–N with tert-alkyl or cyclic N) is 1. The maximum Gasteiger partial charge on any atom is 0.237 e. The molecule has 0 aromatic heterocycles. The van der Waals surface area contributed by atoms with Crippen LogP contribution in [0.15, 0.2) is 24.3 Å². The lowest BCUT2D eigenvalue weighted by atomic mass is 10.2.